The Morgan fingerprint density at radius 1 is 1.33 bits per heavy atom. The van der Waals surface area contributed by atoms with Crippen LogP contribution in [0.1, 0.15) is 24.3 Å². The van der Waals surface area contributed by atoms with Crippen molar-refractivity contribution in [2.24, 2.45) is 0 Å². The highest BCUT2D eigenvalue weighted by molar-refractivity contribution is 7.19. The van der Waals surface area contributed by atoms with Crippen molar-refractivity contribution in [3.8, 4) is 0 Å². The van der Waals surface area contributed by atoms with E-state index in [4.69, 9.17) is 4.74 Å². The van der Waals surface area contributed by atoms with E-state index in [1.54, 1.807) is 0 Å². The second-order valence-corrected chi connectivity index (χ2v) is 5.23. The van der Waals surface area contributed by atoms with E-state index in [0.29, 0.717) is 6.10 Å². The summed E-state index contributed by atoms with van der Waals surface area (Å²) in [6, 6.07) is 8.69. The topological polar surface area (TPSA) is 9.23 Å². The van der Waals surface area contributed by atoms with E-state index in [-0.39, 0.29) is 0 Å². The molecule has 1 heterocycles. The van der Waals surface area contributed by atoms with Crippen LogP contribution < -0.4 is 0 Å². The Morgan fingerprint density at radius 2 is 2.13 bits per heavy atom. The highest BCUT2D eigenvalue weighted by Crippen LogP contribution is 2.28. The van der Waals surface area contributed by atoms with E-state index in [9.17, 15) is 0 Å². The SMILES string of the molecule is Cc1cccc2sc(COC(C)C)cc12. The summed E-state index contributed by atoms with van der Waals surface area (Å²) in [4.78, 5) is 1.31. The number of hydrogen-bond acceptors (Lipinski definition) is 2. The van der Waals surface area contributed by atoms with Crippen LogP contribution in [0.4, 0.5) is 0 Å². The normalized spacial score (nSPS) is 11.5. The summed E-state index contributed by atoms with van der Waals surface area (Å²) in [7, 11) is 0. The summed E-state index contributed by atoms with van der Waals surface area (Å²) in [6.45, 7) is 7.02. The highest BCUT2D eigenvalue weighted by atomic mass is 32.1. The summed E-state index contributed by atoms with van der Waals surface area (Å²) in [6.07, 6.45) is 0.302. The van der Waals surface area contributed by atoms with Crippen LogP contribution in [0.15, 0.2) is 24.3 Å². The molecule has 0 aliphatic rings. The van der Waals surface area contributed by atoms with Crippen molar-refractivity contribution in [2.75, 3.05) is 0 Å². The first-order valence-corrected chi connectivity index (χ1v) is 6.08. The van der Waals surface area contributed by atoms with Crippen LogP contribution in [-0.2, 0) is 11.3 Å². The Bertz CT molecular complexity index is 457. The molecular weight excluding hydrogens is 204 g/mol. The van der Waals surface area contributed by atoms with E-state index in [1.165, 1.54) is 20.5 Å². The number of aryl methyl sites for hydroxylation is 1. The zero-order chi connectivity index (χ0) is 10.8. The fourth-order valence-electron chi connectivity index (χ4n) is 1.58. The maximum absolute atomic E-state index is 5.61. The molecule has 2 aromatic rings. The van der Waals surface area contributed by atoms with Crippen molar-refractivity contribution in [2.45, 2.75) is 33.5 Å². The Kier molecular flexibility index (Phi) is 3.08. The van der Waals surface area contributed by atoms with Gasteiger partial charge in [0.05, 0.1) is 12.7 Å². The predicted octanol–water partition coefficient (Wildman–Crippen LogP) is 4.13. The Balaban J connectivity index is 2.27. The van der Waals surface area contributed by atoms with Crippen molar-refractivity contribution in [1.29, 1.82) is 0 Å². The fraction of sp³-hybridized carbons (Fsp3) is 0.385. The molecular formula is C13H16OS. The number of thiophene rings is 1. The molecule has 1 aromatic carbocycles. The number of benzene rings is 1. The van der Waals surface area contributed by atoms with Crippen molar-refractivity contribution in [1.82, 2.24) is 0 Å². The minimum Gasteiger partial charge on any atom is -0.373 e. The van der Waals surface area contributed by atoms with Crippen molar-refractivity contribution in [3.05, 3.63) is 34.7 Å². The average molecular weight is 220 g/mol. The molecule has 0 fully saturated rings. The molecule has 0 bridgehead atoms. The minimum absolute atomic E-state index is 0.302. The zero-order valence-corrected chi connectivity index (χ0v) is 10.2. The highest BCUT2D eigenvalue weighted by Gasteiger charge is 2.04. The van der Waals surface area contributed by atoms with Gasteiger partial charge in [0.2, 0.25) is 0 Å². The largest absolute Gasteiger partial charge is 0.373 e. The van der Waals surface area contributed by atoms with E-state index in [2.05, 4.69) is 45.0 Å². The summed E-state index contributed by atoms with van der Waals surface area (Å²) >= 11 is 1.83. The molecule has 2 heteroatoms. The third kappa shape index (κ3) is 2.39. The number of fused-ring (bicyclic) bond motifs is 1. The van der Waals surface area contributed by atoms with Gasteiger partial charge in [-0.25, -0.2) is 0 Å². The van der Waals surface area contributed by atoms with Crippen molar-refractivity contribution >= 4 is 21.4 Å². The van der Waals surface area contributed by atoms with Gasteiger partial charge in [0, 0.05) is 9.58 Å². The van der Waals surface area contributed by atoms with Crippen LogP contribution in [0.25, 0.3) is 10.1 Å². The minimum atomic E-state index is 0.302. The van der Waals surface area contributed by atoms with Crippen LogP contribution in [0.5, 0.6) is 0 Å². The molecule has 0 saturated heterocycles. The van der Waals surface area contributed by atoms with E-state index in [0.717, 1.165) is 6.61 Å². The second kappa shape index (κ2) is 4.33. The molecule has 0 amide bonds. The third-order valence-electron chi connectivity index (χ3n) is 2.39. The second-order valence-electron chi connectivity index (χ2n) is 4.06. The molecule has 2 rings (SSSR count). The van der Waals surface area contributed by atoms with E-state index in [1.807, 2.05) is 11.3 Å². The first-order chi connectivity index (χ1) is 7.16. The molecule has 0 saturated carbocycles. The van der Waals surface area contributed by atoms with Crippen LogP contribution in [0, 0.1) is 6.92 Å². The number of ether oxygens (including phenoxy) is 1. The molecule has 15 heavy (non-hydrogen) atoms. The zero-order valence-electron chi connectivity index (χ0n) is 9.41. The Morgan fingerprint density at radius 3 is 2.80 bits per heavy atom. The lowest BCUT2D eigenvalue weighted by molar-refractivity contribution is 0.0675. The molecule has 0 aliphatic carbocycles. The van der Waals surface area contributed by atoms with Gasteiger partial charge in [-0.2, -0.15) is 0 Å². The monoisotopic (exact) mass is 220 g/mol. The maximum Gasteiger partial charge on any atom is 0.0813 e. The Hall–Kier alpha value is -0.860. The van der Waals surface area contributed by atoms with E-state index < -0.39 is 0 Å². The van der Waals surface area contributed by atoms with Crippen molar-refractivity contribution in [3.63, 3.8) is 0 Å². The smallest absolute Gasteiger partial charge is 0.0813 e. The summed E-state index contributed by atoms with van der Waals surface area (Å²) in [5.41, 5.74) is 1.35. The molecule has 0 aliphatic heterocycles. The van der Waals surface area contributed by atoms with Gasteiger partial charge in [-0.1, -0.05) is 12.1 Å². The molecule has 1 nitrogen and oxygen atoms in total. The lowest BCUT2D eigenvalue weighted by Crippen LogP contribution is -2.00. The van der Waals surface area contributed by atoms with E-state index >= 15 is 0 Å². The number of rotatable bonds is 3. The molecule has 0 atom stereocenters. The van der Waals surface area contributed by atoms with Gasteiger partial charge in [-0.05, 0) is 43.9 Å². The average Bonchev–Trinajstić information content (AvgIpc) is 2.59. The molecule has 0 unspecified atom stereocenters. The molecule has 1 aromatic heterocycles. The first-order valence-electron chi connectivity index (χ1n) is 5.26. The lowest BCUT2D eigenvalue weighted by atomic mass is 10.1. The van der Waals surface area contributed by atoms with Gasteiger partial charge >= 0.3 is 0 Å². The van der Waals surface area contributed by atoms with Gasteiger partial charge < -0.3 is 4.74 Å². The van der Waals surface area contributed by atoms with Gasteiger partial charge in [0.1, 0.15) is 0 Å². The van der Waals surface area contributed by atoms with Crippen molar-refractivity contribution < 1.29 is 4.74 Å². The third-order valence-corrected chi connectivity index (χ3v) is 3.46. The van der Waals surface area contributed by atoms with Crippen LogP contribution in [-0.4, -0.2) is 6.10 Å². The van der Waals surface area contributed by atoms with Gasteiger partial charge in [-0.3, -0.25) is 0 Å². The van der Waals surface area contributed by atoms with Gasteiger partial charge in [-0.15, -0.1) is 11.3 Å². The van der Waals surface area contributed by atoms with Crippen LogP contribution in [0.2, 0.25) is 0 Å². The predicted molar refractivity (Wildman–Crippen MR) is 66.5 cm³/mol. The van der Waals surface area contributed by atoms with Crippen LogP contribution >= 0.6 is 11.3 Å². The summed E-state index contributed by atoms with van der Waals surface area (Å²) < 4.78 is 6.97. The number of hydrogen-bond donors (Lipinski definition) is 0. The lowest BCUT2D eigenvalue weighted by Gasteiger charge is -2.04. The molecule has 0 spiro atoms. The molecule has 80 valence electrons. The molecule has 0 radical (unpaired) electrons. The Labute approximate surface area is 94.7 Å². The summed E-state index contributed by atoms with van der Waals surface area (Å²) in [5, 5.41) is 1.37. The quantitative estimate of drug-likeness (QED) is 0.755. The van der Waals surface area contributed by atoms with Crippen LogP contribution in [0.3, 0.4) is 0 Å². The molecule has 0 N–H and O–H groups in total. The fourth-order valence-corrected chi connectivity index (χ4v) is 2.64. The van der Waals surface area contributed by atoms with Gasteiger partial charge in [0.15, 0.2) is 0 Å². The maximum atomic E-state index is 5.61. The standard InChI is InChI=1S/C13H16OS/c1-9(2)14-8-11-7-12-10(3)5-4-6-13(12)15-11/h4-7,9H,8H2,1-3H3. The first kappa shape index (κ1) is 10.7. The van der Waals surface area contributed by atoms with Gasteiger partial charge in [0.25, 0.3) is 0 Å². The summed E-state index contributed by atoms with van der Waals surface area (Å²) in [5.74, 6) is 0.